The third kappa shape index (κ3) is 4.81. The number of phenols is 1. The van der Waals surface area contributed by atoms with E-state index in [0.29, 0.717) is 5.56 Å². The van der Waals surface area contributed by atoms with Gasteiger partial charge in [-0.15, -0.1) is 0 Å². The fourth-order valence-corrected chi connectivity index (χ4v) is 3.60. The van der Waals surface area contributed by atoms with Gasteiger partial charge in [0, 0.05) is 22.6 Å². The van der Waals surface area contributed by atoms with E-state index in [2.05, 4.69) is 29.7 Å². The first kappa shape index (κ1) is 21.2. The minimum atomic E-state index is -0.161. The van der Waals surface area contributed by atoms with Crippen molar-refractivity contribution < 1.29 is 9.90 Å². The van der Waals surface area contributed by atoms with Crippen molar-refractivity contribution in [2.45, 2.75) is 20.3 Å². The van der Waals surface area contributed by atoms with Crippen LogP contribution >= 0.6 is 0 Å². The van der Waals surface area contributed by atoms with E-state index < -0.39 is 0 Å². The van der Waals surface area contributed by atoms with E-state index in [1.165, 1.54) is 5.56 Å². The Labute approximate surface area is 188 Å². The molecule has 0 bridgehead atoms. The summed E-state index contributed by atoms with van der Waals surface area (Å²) in [7, 11) is 0. The number of anilines is 3. The van der Waals surface area contributed by atoms with Gasteiger partial charge in [-0.3, -0.25) is 4.79 Å². The molecular weight excluding hydrogens is 396 g/mol. The van der Waals surface area contributed by atoms with Crippen molar-refractivity contribution in [1.29, 1.82) is 0 Å². The number of nitrogens with one attached hydrogen (secondary N) is 2. The average molecular weight is 423 g/mol. The van der Waals surface area contributed by atoms with Gasteiger partial charge >= 0.3 is 0 Å². The monoisotopic (exact) mass is 422 g/mol. The second-order valence-corrected chi connectivity index (χ2v) is 7.74. The molecule has 0 saturated heterocycles. The van der Waals surface area contributed by atoms with Crippen LogP contribution in [0.4, 0.5) is 17.1 Å². The van der Waals surface area contributed by atoms with Gasteiger partial charge in [0.05, 0.1) is 0 Å². The van der Waals surface area contributed by atoms with Crippen molar-refractivity contribution in [2.75, 3.05) is 10.6 Å². The number of hydrogen-bond donors (Lipinski definition) is 3. The zero-order valence-corrected chi connectivity index (χ0v) is 18.2. The van der Waals surface area contributed by atoms with Crippen LogP contribution in [0.3, 0.4) is 0 Å². The van der Waals surface area contributed by atoms with E-state index in [9.17, 15) is 9.90 Å². The van der Waals surface area contributed by atoms with Gasteiger partial charge in [-0.1, -0.05) is 55.5 Å². The van der Waals surface area contributed by atoms with E-state index >= 15 is 0 Å². The van der Waals surface area contributed by atoms with Gasteiger partial charge in [0.2, 0.25) is 0 Å². The molecule has 4 nitrogen and oxygen atoms in total. The van der Waals surface area contributed by atoms with Gasteiger partial charge in [0.15, 0.2) is 0 Å². The standard InChI is InChI=1S/C28H26N2O2/c1-3-20-6-4-5-7-26(20)30-27-18-24(15-8-19(27)2)29-28(32)23-11-9-21(10-12-23)22-13-16-25(31)17-14-22/h4-18,30-31H,3H2,1-2H3,(H,29,32). The molecule has 4 heteroatoms. The van der Waals surface area contributed by atoms with Crippen LogP contribution in [0.25, 0.3) is 11.1 Å². The molecule has 160 valence electrons. The number of amides is 1. The molecule has 0 aliphatic rings. The zero-order valence-electron chi connectivity index (χ0n) is 18.2. The third-order valence-electron chi connectivity index (χ3n) is 5.51. The summed E-state index contributed by atoms with van der Waals surface area (Å²) in [6.45, 7) is 4.18. The van der Waals surface area contributed by atoms with E-state index in [1.54, 1.807) is 12.1 Å². The number of hydrogen-bond acceptors (Lipinski definition) is 3. The van der Waals surface area contributed by atoms with E-state index in [0.717, 1.165) is 40.2 Å². The van der Waals surface area contributed by atoms with Gasteiger partial charge in [-0.25, -0.2) is 0 Å². The predicted molar refractivity (Wildman–Crippen MR) is 132 cm³/mol. The van der Waals surface area contributed by atoms with Crippen LogP contribution in [0, 0.1) is 6.92 Å². The second-order valence-electron chi connectivity index (χ2n) is 7.74. The number of para-hydroxylation sites is 1. The molecule has 0 heterocycles. The quantitative estimate of drug-likeness (QED) is 0.316. The molecule has 0 spiro atoms. The molecule has 4 aromatic carbocycles. The average Bonchev–Trinajstić information content (AvgIpc) is 2.82. The molecule has 0 fully saturated rings. The Kier molecular flexibility index (Phi) is 6.22. The second kappa shape index (κ2) is 9.40. The van der Waals surface area contributed by atoms with Crippen molar-refractivity contribution in [2.24, 2.45) is 0 Å². The molecule has 0 unspecified atom stereocenters. The Morgan fingerprint density at radius 1 is 0.812 bits per heavy atom. The lowest BCUT2D eigenvalue weighted by Gasteiger charge is -2.15. The fraction of sp³-hybridized carbons (Fsp3) is 0.107. The summed E-state index contributed by atoms with van der Waals surface area (Å²) in [5, 5.41) is 15.9. The van der Waals surface area contributed by atoms with Crippen LogP contribution in [0.5, 0.6) is 5.75 Å². The maximum Gasteiger partial charge on any atom is 0.255 e. The summed E-state index contributed by atoms with van der Waals surface area (Å²) >= 11 is 0. The molecule has 3 N–H and O–H groups in total. The van der Waals surface area contributed by atoms with Crippen LogP contribution in [-0.4, -0.2) is 11.0 Å². The minimum absolute atomic E-state index is 0.161. The molecule has 0 aromatic heterocycles. The number of aryl methyl sites for hydroxylation is 2. The minimum Gasteiger partial charge on any atom is -0.508 e. The lowest BCUT2D eigenvalue weighted by Crippen LogP contribution is -2.12. The van der Waals surface area contributed by atoms with E-state index in [4.69, 9.17) is 0 Å². The smallest absolute Gasteiger partial charge is 0.255 e. The molecule has 0 atom stereocenters. The Bertz CT molecular complexity index is 1230. The largest absolute Gasteiger partial charge is 0.508 e. The topological polar surface area (TPSA) is 61.4 Å². The Morgan fingerprint density at radius 2 is 1.47 bits per heavy atom. The summed E-state index contributed by atoms with van der Waals surface area (Å²) in [6, 6.07) is 28.6. The van der Waals surface area contributed by atoms with Crippen LogP contribution in [0.15, 0.2) is 91.0 Å². The molecule has 0 aliphatic heterocycles. The molecule has 0 aliphatic carbocycles. The maximum atomic E-state index is 12.8. The third-order valence-corrected chi connectivity index (χ3v) is 5.51. The summed E-state index contributed by atoms with van der Waals surface area (Å²) < 4.78 is 0. The highest BCUT2D eigenvalue weighted by Gasteiger charge is 2.09. The van der Waals surface area contributed by atoms with Gasteiger partial charge in [-0.2, -0.15) is 0 Å². The van der Waals surface area contributed by atoms with E-state index in [-0.39, 0.29) is 11.7 Å². The van der Waals surface area contributed by atoms with Gasteiger partial charge in [0.1, 0.15) is 5.75 Å². The fourth-order valence-electron chi connectivity index (χ4n) is 3.60. The lowest BCUT2D eigenvalue weighted by molar-refractivity contribution is 0.102. The van der Waals surface area contributed by atoms with Crippen LogP contribution in [-0.2, 0) is 6.42 Å². The van der Waals surface area contributed by atoms with Crippen molar-refractivity contribution in [3.8, 4) is 16.9 Å². The first-order valence-corrected chi connectivity index (χ1v) is 10.7. The highest BCUT2D eigenvalue weighted by atomic mass is 16.3. The van der Waals surface area contributed by atoms with Crippen LogP contribution in [0.2, 0.25) is 0 Å². The zero-order chi connectivity index (χ0) is 22.5. The van der Waals surface area contributed by atoms with Gasteiger partial charge in [-0.05, 0) is 78.1 Å². The highest BCUT2D eigenvalue weighted by Crippen LogP contribution is 2.27. The predicted octanol–water partition coefficient (Wildman–Crippen LogP) is 6.93. The van der Waals surface area contributed by atoms with Crippen LogP contribution in [0.1, 0.15) is 28.4 Å². The highest BCUT2D eigenvalue weighted by molar-refractivity contribution is 6.04. The normalized spacial score (nSPS) is 10.6. The Morgan fingerprint density at radius 3 is 2.16 bits per heavy atom. The Balaban J connectivity index is 1.49. The van der Waals surface area contributed by atoms with E-state index in [1.807, 2.05) is 73.7 Å². The Hall–Kier alpha value is -4.05. The van der Waals surface area contributed by atoms with Crippen molar-refractivity contribution >= 4 is 23.0 Å². The van der Waals surface area contributed by atoms with Crippen molar-refractivity contribution in [3.05, 3.63) is 108 Å². The number of phenolic OH excluding ortho intramolecular Hbond substituents is 1. The van der Waals surface area contributed by atoms with Crippen molar-refractivity contribution in [3.63, 3.8) is 0 Å². The van der Waals surface area contributed by atoms with Gasteiger partial charge < -0.3 is 15.7 Å². The number of aromatic hydroxyl groups is 1. The number of carbonyl (C=O) groups excluding carboxylic acids is 1. The molecule has 0 saturated carbocycles. The summed E-state index contributed by atoms with van der Waals surface area (Å²) in [4.78, 5) is 12.8. The van der Waals surface area contributed by atoms with Crippen molar-refractivity contribution in [1.82, 2.24) is 0 Å². The first-order chi connectivity index (χ1) is 15.5. The number of benzene rings is 4. The molecule has 32 heavy (non-hydrogen) atoms. The number of carbonyl (C=O) groups is 1. The summed E-state index contributed by atoms with van der Waals surface area (Å²) in [5.41, 5.74) is 7.67. The summed E-state index contributed by atoms with van der Waals surface area (Å²) in [6.07, 6.45) is 0.943. The number of rotatable bonds is 6. The molecule has 4 aromatic rings. The SMILES string of the molecule is CCc1ccccc1Nc1cc(NC(=O)c2ccc(-c3ccc(O)cc3)cc2)ccc1C. The molecule has 4 rings (SSSR count). The first-order valence-electron chi connectivity index (χ1n) is 10.7. The van der Waals surface area contributed by atoms with Crippen LogP contribution < -0.4 is 10.6 Å². The van der Waals surface area contributed by atoms with Gasteiger partial charge in [0.25, 0.3) is 5.91 Å². The molecular formula is C28H26N2O2. The molecule has 1 amide bonds. The molecule has 0 radical (unpaired) electrons. The lowest BCUT2D eigenvalue weighted by atomic mass is 10.0. The maximum absolute atomic E-state index is 12.8. The summed E-state index contributed by atoms with van der Waals surface area (Å²) in [5.74, 6) is 0.0703.